The maximum Gasteiger partial charge on any atom is 0.340 e. The molecule has 0 bridgehead atoms. The number of carbonyl (C=O) groups excluding carboxylic acids is 1. The lowest BCUT2D eigenvalue weighted by molar-refractivity contribution is -0.231. The van der Waals surface area contributed by atoms with Crippen LogP contribution in [0.3, 0.4) is 0 Å². The van der Waals surface area contributed by atoms with Gasteiger partial charge in [-0.2, -0.15) is 0 Å². The average Bonchev–Trinajstić information content (AvgIpc) is 3.17. The average molecular weight is 440 g/mol. The van der Waals surface area contributed by atoms with Crippen LogP contribution in [0.1, 0.15) is 45.2 Å². The number of benzene rings is 2. The number of rotatable bonds is 3. The van der Waals surface area contributed by atoms with Crippen molar-refractivity contribution >= 4 is 5.97 Å². The second-order valence-corrected chi connectivity index (χ2v) is 9.52. The van der Waals surface area contributed by atoms with E-state index in [1.807, 2.05) is 60.7 Å². The van der Waals surface area contributed by atoms with E-state index in [1.165, 1.54) is 0 Å². The van der Waals surface area contributed by atoms with E-state index >= 15 is 0 Å². The molecule has 3 fully saturated rings. The van der Waals surface area contributed by atoms with Crippen molar-refractivity contribution in [2.24, 2.45) is 0 Å². The van der Waals surface area contributed by atoms with E-state index in [4.69, 9.17) is 23.7 Å². The molecule has 3 saturated heterocycles. The van der Waals surface area contributed by atoms with Gasteiger partial charge in [0.25, 0.3) is 0 Å². The Balaban J connectivity index is 1.74. The van der Waals surface area contributed by atoms with Crippen LogP contribution in [-0.2, 0) is 34.1 Å². The molecule has 3 aliphatic heterocycles. The predicted octanol–water partition coefficient (Wildman–Crippen LogP) is 3.24. The van der Waals surface area contributed by atoms with Crippen molar-refractivity contribution < 1.29 is 33.6 Å². The highest BCUT2D eigenvalue weighted by Gasteiger charge is 2.71. The van der Waals surface area contributed by atoms with Crippen LogP contribution in [0.2, 0.25) is 0 Å². The van der Waals surface area contributed by atoms with E-state index in [9.17, 15) is 9.90 Å². The summed E-state index contributed by atoms with van der Waals surface area (Å²) in [5, 5.41) is 12.6. The van der Waals surface area contributed by atoms with Crippen LogP contribution in [-0.4, -0.2) is 46.7 Å². The first-order chi connectivity index (χ1) is 15.1. The van der Waals surface area contributed by atoms with Gasteiger partial charge >= 0.3 is 5.97 Å². The molecule has 0 unspecified atom stereocenters. The van der Waals surface area contributed by atoms with Crippen LogP contribution in [0.15, 0.2) is 60.7 Å². The molecule has 0 saturated carbocycles. The highest BCUT2D eigenvalue weighted by atomic mass is 16.9. The zero-order valence-electron chi connectivity index (χ0n) is 18.6. The fourth-order valence-corrected chi connectivity index (χ4v) is 5.18. The smallest absolute Gasteiger partial charge is 0.340 e. The molecule has 0 spiro atoms. The topological polar surface area (TPSA) is 83.5 Å². The highest BCUT2D eigenvalue weighted by Crippen LogP contribution is 2.56. The van der Waals surface area contributed by atoms with Crippen LogP contribution in [0.25, 0.3) is 0 Å². The number of carbonyl (C=O) groups is 1. The van der Waals surface area contributed by atoms with Gasteiger partial charge in [0.1, 0.15) is 11.7 Å². The molecule has 3 heterocycles. The molecule has 32 heavy (non-hydrogen) atoms. The van der Waals surface area contributed by atoms with Crippen molar-refractivity contribution in [2.45, 2.75) is 75.4 Å². The van der Waals surface area contributed by atoms with Crippen LogP contribution in [0.5, 0.6) is 0 Å². The van der Waals surface area contributed by atoms with Gasteiger partial charge in [0.15, 0.2) is 23.3 Å². The Morgan fingerprint density at radius 2 is 1.41 bits per heavy atom. The lowest BCUT2D eigenvalue weighted by Crippen LogP contribution is -2.60. The van der Waals surface area contributed by atoms with E-state index < -0.39 is 47.2 Å². The molecule has 0 amide bonds. The maximum absolute atomic E-state index is 13.0. The van der Waals surface area contributed by atoms with Gasteiger partial charge in [0, 0.05) is 6.42 Å². The summed E-state index contributed by atoms with van der Waals surface area (Å²) in [5.74, 6) is -2.70. The molecular weight excluding hydrogens is 412 g/mol. The molecule has 1 N–H and O–H groups in total. The fourth-order valence-electron chi connectivity index (χ4n) is 5.18. The van der Waals surface area contributed by atoms with Gasteiger partial charge in [0.05, 0.1) is 0 Å². The van der Waals surface area contributed by atoms with E-state index in [1.54, 1.807) is 27.7 Å². The van der Waals surface area contributed by atoms with E-state index in [2.05, 4.69) is 0 Å². The van der Waals surface area contributed by atoms with Gasteiger partial charge in [-0.1, -0.05) is 60.7 Å². The second kappa shape index (κ2) is 7.10. The summed E-state index contributed by atoms with van der Waals surface area (Å²) >= 11 is 0. The van der Waals surface area contributed by atoms with Gasteiger partial charge in [-0.3, -0.25) is 0 Å². The quantitative estimate of drug-likeness (QED) is 0.734. The zero-order chi connectivity index (χ0) is 22.8. The van der Waals surface area contributed by atoms with Gasteiger partial charge in [0.2, 0.25) is 6.29 Å². The Morgan fingerprint density at radius 1 is 0.844 bits per heavy atom. The molecule has 0 aliphatic carbocycles. The molecule has 7 heteroatoms. The largest absolute Gasteiger partial charge is 0.430 e. The molecule has 7 nitrogen and oxygen atoms in total. The zero-order valence-corrected chi connectivity index (χ0v) is 18.6. The molecule has 2 aromatic carbocycles. The van der Waals surface area contributed by atoms with Crippen LogP contribution in [0.4, 0.5) is 0 Å². The molecule has 170 valence electrons. The van der Waals surface area contributed by atoms with Gasteiger partial charge < -0.3 is 28.8 Å². The lowest BCUT2D eigenvalue weighted by Gasteiger charge is -2.46. The first-order valence-electron chi connectivity index (χ1n) is 10.8. The second-order valence-electron chi connectivity index (χ2n) is 9.52. The normalized spacial score (nSPS) is 33.2. The third-order valence-corrected chi connectivity index (χ3v) is 6.34. The molecule has 0 aromatic heterocycles. The minimum absolute atomic E-state index is 0.112. The Hall–Kier alpha value is -2.29. The molecule has 5 rings (SSSR count). The molecular formula is C25H28O7. The van der Waals surface area contributed by atoms with Gasteiger partial charge in [-0.25, -0.2) is 4.79 Å². The summed E-state index contributed by atoms with van der Waals surface area (Å²) in [7, 11) is 0. The minimum Gasteiger partial charge on any atom is -0.430 e. The van der Waals surface area contributed by atoms with Gasteiger partial charge in [-0.15, -0.1) is 0 Å². The molecule has 0 radical (unpaired) electrons. The highest BCUT2D eigenvalue weighted by molar-refractivity contribution is 5.76. The van der Waals surface area contributed by atoms with E-state index in [-0.39, 0.29) is 6.42 Å². The monoisotopic (exact) mass is 440 g/mol. The fraction of sp³-hybridized carbons (Fsp3) is 0.480. The minimum atomic E-state index is -1.72. The van der Waals surface area contributed by atoms with Crippen LogP contribution < -0.4 is 0 Å². The lowest BCUT2D eigenvalue weighted by atomic mass is 9.69. The standard InChI is InChI=1S/C25H28O7/c1-22(2)29-18-15-24(21(31-23(3,4)32-24)28-20(26)19(18)30-22)25(27,16-11-7-5-8-12-16)17-13-9-6-10-14-17/h5-14,18-19,21,27H,15H2,1-4H3/t18-,19-,21-,24-/m1/s1. The summed E-state index contributed by atoms with van der Waals surface area (Å²) < 4.78 is 30.4. The number of hydrogen-bond donors (Lipinski definition) is 1. The van der Waals surface area contributed by atoms with E-state index in [0.29, 0.717) is 11.1 Å². The number of ether oxygens (including phenoxy) is 5. The number of fused-ring (bicyclic) bond motifs is 2. The Kier molecular flexibility index (Phi) is 4.78. The summed E-state index contributed by atoms with van der Waals surface area (Å²) in [5.41, 5.74) is -2.05. The Bertz CT molecular complexity index is 964. The van der Waals surface area contributed by atoms with Gasteiger partial charge in [-0.05, 0) is 38.8 Å². The first-order valence-corrected chi connectivity index (χ1v) is 10.8. The molecule has 2 aromatic rings. The third-order valence-electron chi connectivity index (χ3n) is 6.34. The first kappa shape index (κ1) is 21.6. The Morgan fingerprint density at radius 3 is 1.97 bits per heavy atom. The summed E-state index contributed by atoms with van der Waals surface area (Å²) in [6.07, 6.45) is -2.71. The number of aliphatic hydroxyl groups is 1. The summed E-state index contributed by atoms with van der Waals surface area (Å²) in [6, 6.07) is 18.4. The number of hydrogen-bond acceptors (Lipinski definition) is 7. The summed E-state index contributed by atoms with van der Waals surface area (Å²) in [6.45, 7) is 6.97. The van der Waals surface area contributed by atoms with Crippen molar-refractivity contribution in [1.29, 1.82) is 0 Å². The van der Waals surface area contributed by atoms with Crippen molar-refractivity contribution in [3.63, 3.8) is 0 Å². The number of esters is 1. The van der Waals surface area contributed by atoms with Crippen molar-refractivity contribution in [2.75, 3.05) is 0 Å². The molecule has 4 atom stereocenters. The van der Waals surface area contributed by atoms with Crippen LogP contribution >= 0.6 is 0 Å². The van der Waals surface area contributed by atoms with E-state index in [0.717, 1.165) is 0 Å². The third kappa shape index (κ3) is 3.19. The van der Waals surface area contributed by atoms with Crippen molar-refractivity contribution in [3.8, 4) is 0 Å². The maximum atomic E-state index is 13.0. The van der Waals surface area contributed by atoms with Crippen molar-refractivity contribution in [3.05, 3.63) is 71.8 Å². The predicted molar refractivity (Wildman–Crippen MR) is 113 cm³/mol. The Labute approximate surface area is 187 Å². The van der Waals surface area contributed by atoms with Crippen LogP contribution in [0, 0.1) is 0 Å². The van der Waals surface area contributed by atoms with Crippen molar-refractivity contribution in [1.82, 2.24) is 0 Å². The summed E-state index contributed by atoms with van der Waals surface area (Å²) in [4.78, 5) is 13.0. The SMILES string of the molecule is CC1(C)O[C@@H]2C[C@@]3(C(O)(c4ccccc4)c4ccccc4)OC(C)(C)O[C@H]3OC(=O)[C@@H]2O1. The molecule has 3 aliphatic rings.